The lowest BCUT2D eigenvalue weighted by molar-refractivity contribution is -0.167. The maximum Gasteiger partial charge on any atom is 0.306 e. The third-order valence-corrected chi connectivity index (χ3v) is 14.1. The number of hydrogen-bond acceptors (Lipinski definition) is 6. The lowest BCUT2D eigenvalue weighted by Gasteiger charge is -2.18. The van der Waals surface area contributed by atoms with Crippen LogP contribution in [0, 0.1) is 0 Å². The summed E-state index contributed by atoms with van der Waals surface area (Å²) in [5.41, 5.74) is 0. The van der Waals surface area contributed by atoms with Crippen molar-refractivity contribution in [2.75, 3.05) is 13.2 Å². The summed E-state index contributed by atoms with van der Waals surface area (Å²) >= 11 is 0. The van der Waals surface area contributed by atoms with Crippen molar-refractivity contribution < 1.29 is 28.6 Å². The molecule has 6 heteroatoms. The minimum absolute atomic E-state index is 0.0763. The number of unbranched alkanes of at least 4 members (excludes halogenated alkanes) is 39. The second kappa shape index (κ2) is 60.9. The Labute approximate surface area is 448 Å². The Kier molecular flexibility index (Phi) is 58.7. The number of carbonyl (C=O) groups is 3. The second-order valence-corrected chi connectivity index (χ2v) is 21.3. The fourth-order valence-electron chi connectivity index (χ4n) is 9.27. The number of allylic oxidation sites excluding steroid dienone is 8. The molecular formula is C66H120O6. The molecule has 0 amide bonds. The first-order valence-corrected chi connectivity index (χ1v) is 31.6. The number of ether oxygens (including phenoxy) is 3. The molecule has 0 aliphatic heterocycles. The van der Waals surface area contributed by atoms with Crippen LogP contribution in [0.1, 0.15) is 335 Å². The van der Waals surface area contributed by atoms with E-state index in [0.29, 0.717) is 19.3 Å². The lowest BCUT2D eigenvalue weighted by Crippen LogP contribution is -2.30. The van der Waals surface area contributed by atoms with Crippen LogP contribution < -0.4 is 0 Å². The Morgan fingerprint density at radius 1 is 0.278 bits per heavy atom. The molecule has 72 heavy (non-hydrogen) atoms. The summed E-state index contributed by atoms with van der Waals surface area (Å²) in [6, 6.07) is 0. The molecule has 0 heterocycles. The summed E-state index contributed by atoms with van der Waals surface area (Å²) < 4.78 is 16.9. The highest BCUT2D eigenvalue weighted by Crippen LogP contribution is 2.17. The van der Waals surface area contributed by atoms with Gasteiger partial charge in [-0.2, -0.15) is 0 Å². The van der Waals surface area contributed by atoms with Gasteiger partial charge in [-0.05, 0) is 83.5 Å². The van der Waals surface area contributed by atoms with Crippen molar-refractivity contribution in [2.45, 2.75) is 341 Å². The van der Waals surface area contributed by atoms with Gasteiger partial charge >= 0.3 is 17.9 Å². The van der Waals surface area contributed by atoms with Crippen molar-refractivity contribution in [3.63, 3.8) is 0 Å². The van der Waals surface area contributed by atoms with Gasteiger partial charge < -0.3 is 14.2 Å². The highest BCUT2D eigenvalue weighted by molar-refractivity contribution is 5.71. The molecular weight excluding hydrogens is 889 g/mol. The van der Waals surface area contributed by atoms with E-state index >= 15 is 0 Å². The van der Waals surface area contributed by atoms with Crippen LogP contribution in [0.3, 0.4) is 0 Å². The van der Waals surface area contributed by atoms with E-state index in [2.05, 4.69) is 69.4 Å². The van der Waals surface area contributed by atoms with E-state index in [9.17, 15) is 14.4 Å². The molecule has 1 atom stereocenters. The molecule has 0 saturated carbocycles. The monoisotopic (exact) mass is 1010 g/mol. The quantitative estimate of drug-likeness (QED) is 0.0261. The van der Waals surface area contributed by atoms with E-state index in [0.717, 1.165) is 77.0 Å². The van der Waals surface area contributed by atoms with Gasteiger partial charge in [0.15, 0.2) is 6.10 Å². The average Bonchev–Trinajstić information content (AvgIpc) is 3.38. The second-order valence-electron chi connectivity index (χ2n) is 21.3. The summed E-state index contributed by atoms with van der Waals surface area (Å²) in [5.74, 6) is -0.872. The molecule has 0 aliphatic carbocycles. The molecule has 0 fully saturated rings. The van der Waals surface area contributed by atoms with Crippen LogP contribution in [-0.2, 0) is 28.6 Å². The molecule has 0 aromatic heterocycles. The fraction of sp³-hybridized carbons (Fsp3) is 0.833. The minimum atomic E-state index is -0.779. The highest BCUT2D eigenvalue weighted by atomic mass is 16.6. The van der Waals surface area contributed by atoms with Crippen LogP contribution in [0.15, 0.2) is 48.6 Å². The Hall–Kier alpha value is -2.63. The van der Waals surface area contributed by atoms with Gasteiger partial charge in [0, 0.05) is 19.3 Å². The highest BCUT2D eigenvalue weighted by Gasteiger charge is 2.19. The predicted molar refractivity (Wildman–Crippen MR) is 312 cm³/mol. The first kappa shape index (κ1) is 69.4. The Morgan fingerprint density at radius 2 is 0.500 bits per heavy atom. The summed E-state index contributed by atoms with van der Waals surface area (Å²) in [6.07, 6.45) is 75.3. The van der Waals surface area contributed by atoms with Crippen molar-refractivity contribution in [3.05, 3.63) is 48.6 Å². The zero-order valence-electron chi connectivity index (χ0n) is 48.2. The van der Waals surface area contributed by atoms with E-state index in [1.165, 1.54) is 218 Å². The summed E-state index contributed by atoms with van der Waals surface area (Å²) in [7, 11) is 0. The summed E-state index contributed by atoms with van der Waals surface area (Å²) in [4.78, 5) is 38.3. The molecule has 0 spiro atoms. The molecule has 420 valence electrons. The largest absolute Gasteiger partial charge is 0.462 e. The first-order valence-electron chi connectivity index (χ1n) is 31.6. The average molecular weight is 1010 g/mol. The molecule has 0 saturated heterocycles. The van der Waals surface area contributed by atoms with Crippen LogP contribution >= 0.6 is 0 Å². The molecule has 0 bridgehead atoms. The lowest BCUT2D eigenvalue weighted by atomic mass is 10.0. The van der Waals surface area contributed by atoms with E-state index in [-0.39, 0.29) is 31.1 Å². The van der Waals surface area contributed by atoms with Gasteiger partial charge in [0.1, 0.15) is 13.2 Å². The van der Waals surface area contributed by atoms with Gasteiger partial charge in [-0.15, -0.1) is 0 Å². The van der Waals surface area contributed by atoms with Crippen molar-refractivity contribution >= 4 is 17.9 Å². The van der Waals surface area contributed by atoms with E-state index in [4.69, 9.17) is 14.2 Å². The Morgan fingerprint density at radius 3 is 0.819 bits per heavy atom. The number of carbonyl (C=O) groups excluding carboxylic acids is 3. The van der Waals surface area contributed by atoms with Crippen LogP contribution in [0.2, 0.25) is 0 Å². The molecule has 0 N–H and O–H groups in total. The van der Waals surface area contributed by atoms with Crippen molar-refractivity contribution in [1.82, 2.24) is 0 Å². The number of esters is 3. The number of hydrogen-bond donors (Lipinski definition) is 0. The zero-order chi connectivity index (χ0) is 52.2. The van der Waals surface area contributed by atoms with Crippen LogP contribution in [0.5, 0.6) is 0 Å². The zero-order valence-corrected chi connectivity index (χ0v) is 48.2. The van der Waals surface area contributed by atoms with E-state index < -0.39 is 6.10 Å². The molecule has 0 radical (unpaired) electrons. The maximum atomic E-state index is 12.9. The first-order chi connectivity index (χ1) is 35.5. The maximum absolute atomic E-state index is 12.9. The molecule has 0 rings (SSSR count). The van der Waals surface area contributed by atoms with Crippen molar-refractivity contribution in [2.24, 2.45) is 0 Å². The van der Waals surface area contributed by atoms with Gasteiger partial charge in [0.25, 0.3) is 0 Å². The molecule has 0 aliphatic rings. The van der Waals surface area contributed by atoms with Crippen molar-refractivity contribution in [3.8, 4) is 0 Å². The summed E-state index contributed by atoms with van der Waals surface area (Å²) in [6.45, 7) is 6.65. The summed E-state index contributed by atoms with van der Waals surface area (Å²) in [5, 5.41) is 0. The van der Waals surface area contributed by atoms with Gasteiger partial charge in [-0.1, -0.05) is 281 Å². The minimum Gasteiger partial charge on any atom is -0.462 e. The molecule has 1 unspecified atom stereocenters. The smallest absolute Gasteiger partial charge is 0.306 e. The topological polar surface area (TPSA) is 78.9 Å². The van der Waals surface area contributed by atoms with Crippen molar-refractivity contribution in [1.29, 1.82) is 0 Å². The predicted octanol–water partition coefficient (Wildman–Crippen LogP) is 21.4. The van der Waals surface area contributed by atoms with Gasteiger partial charge in [0.05, 0.1) is 0 Å². The van der Waals surface area contributed by atoms with Gasteiger partial charge in [-0.25, -0.2) is 0 Å². The Balaban J connectivity index is 4.37. The molecule has 6 nitrogen and oxygen atoms in total. The normalized spacial score (nSPS) is 12.3. The van der Waals surface area contributed by atoms with E-state index in [1.54, 1.807) is 0 Å². The van der Waals surface area contributed by atoms with E-state index in [1.807, 2.05) is 0 Å². The SMILES string of the molecule is CCCCC/C=C\C/C=C\C/C=C\CCCCCCCCC(=O)OCC(COC(=O)CCCCCCCCC/C=C\CCCCCCCC)OC(=O)CCCCCCCCCCCCCCCCCCCC. The third kappa shape index (κ3) is 58.3. The molecule has 0 aromatic carbocycles. The standard InChI is InChI=1S/C66H120O6/c1-4-7-10-13-16-19-22-25-28-31-33-36-38-41-44-47-50-53-56-59-65(68)71-62-63(61-70-64(67)58-55-52-49-46-43-40-37-34-30-27-24-21-18-15-12-9-6-3)72-66(69)60-57-54-51-48-45-42-39-35-32-29-26-23-20-17-14-11-8-5-2/h16,19,25,27-28,30,33,36,63H,4-15,17-18,20-24,26,29,31-32,34-35,37-62H2,1-3H3/b19-16-,28-25-,30-27-,36-33-. The fourth-order valence-corrected chi connectivity index (χ4v) is 9.27. The number of rotatable bonds is 58. The van der Waals surface area contributed by atoms with Crippen LogP contribution in [-0.4, -0.2) is 37.2 Å². The van der Waals surface area contributed by atoms with Crippen LogP contribution in [0.4, 0.5) is 0 Å². The van der Waals surface area contributed by atoms with Gasteiger partial charge in [-0.3, -0.25) is 14.4 Å². The Bertz CT molecular complexity index is 1250. The van der Waals surface area contributed by atoms with Gasteiger partial charge in [0.2, 0.25) is 0 Å². The van der Waals surface area contributed by atoms with Crippen LogP contribution in [0.25, 0.3) is 0 Å². The third-order valence-electron chi connectivity index (χ3n) is 14.1. The molecule has 0 aromatic rings.